The Morgan fingerprint density at radius 1 is 1.30 bits per heavy atom. The average molecular weight is 332 g/mol. The number of thiazole rings is 1. The summed E-state index contributed by atoms with van der Waals surface area (Å²) in [6, 6.07) is 5.33. The fraction of sp³-hybridized carbons (Fsp3) is 0.214. The second-order valence-electron chi connectivity index (χ2n) is 4.93. The van der Waals surface area contributed by atoms with Crippen LogP contribution in [0.25, 0.3) is 4.96 Å². The van der Waals surface area contributed by atoms with Gasteiger partial charge in [-0.15, -0.1) is 0 Å². The molecule has 3 aromatic rings. The number of benzene rings is 1. The third-order valence-electron chi connectivity index (χ3n) is 3.42. The van der Waals surface area contributed by atoms with Crippen LogP contribution in [-0.2, 0) is 0 Å². The van der Waals surface area contributed by atoms with E-state index in [1.807, 2.05) is 0 Å². The van der Waals surface area contributed by atoms with Gasteiger partial charge in [0.1, 0.15) is 6.20 Å². The molecular formula is C14H12N4O4S. The van der Waals surface area contributed by atoms with Gasteiger partial charge >= 0.3 is 5.82 Å². The van der Waals surface area contributed by atoms with Crippen molar-refractivity contribution in [2.75, 3.05) is 18.5 Å². The zero-order chi connectivity index (χ0) is 15.8. The Balaban J connectivity index is 1.70. The molecule has 0 radical (unpaired) electrons. The molecule has 0 unspecified atom stereocenters. The van der Waals surface area contributed by atoms with E-state index in [0.29, 0.717) is 35.4 Å². The molecule has 4 rings (SSSR count). The topological polar surface area (TPSA) is 90.9 Å². The molecule has 0 saturated heterocycles. The smallest absolute Gasteiger partial charge is 0.373 e. The minimum Gasteiger partial charge on any atom is -0.490 e. The highest BCUT2D eigenvalue weighted by Crippen LogP contribution is 2.35. The Hall–Kier alpha value is -2.81. The number of rotatable bonds is 3. The molecule has 0 spiro atoms. The predicted molar refractivity (Wildman–Crippen MR) is 85.1 cm³/mol. The molecule has 3 heterocycles. The molecule has 1 N–H and O–H groups in total. The van der Waals surface area contributed by atoms with Crippen molar-refractivity contribution < 1.29 is 14.4 Å². The number of nitrogens with one attached hydrogen (secondary N) is 1. The van der Waals surface area contributed by atoms with Crippen molar-refractivity contribution in [1.29, 1.82) is 0 Å². The Morgan fingerprint density at radius 2 is 2.13 bits per heavy atom. The minimum atomic E-state index is -0.446. The first-order valence-corrected chi connectivity index (χ1v) is 7.87. The first-order chi connectivity index (χ1) is 11.2. The van der Waals surface area contributed by atoms with Crippen LogP contribution in [0.4, 0.5) is 17.3 Å². The molecule has 0 bridgehead atoms. The van der Waals surface area contributed by atoms with Crippen molar-refractivity contribution in [2.24, 2.45) is 0 Å². The third-order valence-corrected chi connectivity index (χ3v) is 4.18. The second-order valence-corrected chi connectivity index (χ2v) is 5.81. The lowest BCUT2D eigenvalue weighted by atomic mass is 10.2. The van der Waals surface area contributed by atoms with Crippen LogP contribution in [0.2, 0.25) is 0 Å². The molecule has 9 heteroatoms. The molecule has 1 aliphatic heterocycles. The third kappa shape index (κ3) is 2.44. The van der Waals surface area contributed by atoms with E-state index in [1.165, 1.54) is 15.7 Å². The number of aromatic nitrogens is 2. The largest absolute Gasteiger partial charge is 0.490 e. The normalized spacial score (nSPS) is 13.7. The van der Waals surface area contributed by atoms with Crippen LogP contribution < -0.4 is 14.8 Å². The van der Waals surface area contributed by atoms with Gasteiger partial charge in [-0.3, -0.25) is 0 Å². The zero-order valence-electron chi connectivity index (χ0n) is 11.9. The summed E-state index contributed by atoms with van der Waals surface area (Å²) in [5.41, 5.74) is 0.656. The number of nitrogens with zero attached hydrogens (tertiary/aromatic N) is 3. The quantitative estimate of drug-likeness (QED) is 0.585. The van der Waals surface area contributed by atoms with Crippen molar-refractivity contribution in [3.8, 4) is 11.5 Å². The number of anilines is 2. The van der Waals surface area contributed by atoms with Gasteiger partial charge in [0.05, 0.1) is 13.2 Å². The molecule has 1 aliphatic rings. The molecule has 1 aromatic carbocycles. The van der Waals surface area contributed by atoms with Gasteiger partial charge < -0.3 is 24.9 Å². The maximum absolute atomic E-state index is 11.3. The summed E-state index contributed by atoms with van der Waals surface area (Å²) in [7, 11) is 0. The van der Waals surface area contributed by atoms with Crippen LogP contribution in [0.5, 0.6) is 11.5 Å². The molecule has 2 aromatic heterocycles. The van der Waals surface area contributed by atoms with Crippen molar-refractivity contribution in [1.82, 2.24) is 9.38 Å². The van der Waals surface area contributed by atoms with Crippen molar-refractivity contribution in [3.05, 3.63) is 39.9 Å². The van der Waals surface area contributed by atoms with Gasteiger partial charge in [0.25, 0.3) is 4.96 Å². The summed E-state index contributed by atoms with van der Waals surface area (Å²) in [5.74, 6) is 1.41. The highest BCUT2D eigenvalue weighted by Gasteiger charge is 2.24. The highest BCUT2D eigenvalue weighted by atomic mass is 32.1. The summed E-state index contributed by atoms with van der Waals surface area (Å²) in [6.07, 6.45) is 2.45. The standard InChI is InChI=1S/C14H12N4O4S/c19-18(20)13-12(16-14-17(13)4-7-23-14)15-9-2-3-10-11(8-9)22-6-1-5-21-10/h2-4,7-8,15H,1,5-6H2. The summed E-state index contributed by atoms with van der Waals surface area (Å²) in [5, 5.41) is 16.1. The fourth-order valence-corrected chi connectivity index (χ4v) is 3.12. The number of nitro groups is 1. The number of hydrogen-bond acceptors (Lipinski definition) is 7. The van der Waals surface area contributed by atoms with Gasteiger partial charge in [0.2, 0.25) is 5.82 Å². The average Bonchev–Trinajstić information content (AvgIpc) is 3.00. The van der Waals surface area contributed by atoms with Crippen molar-refractivity contribution >= 4 is 33.6 Å². The molecule has 0 saturated carbocycles. The Labute approximate surface area is 134 Å². The highest BCUT2D eigenvalue weighted by molar-refractivity contribution is 7.15. The van der Waals surface area contributed by atoms with Gasteiger partial charge in [-0.25, -0.2) is 0 Å². The Bertz CT molecular complexity index is 888. The molecule has 118 valence electrons. The van der Waals surface area contributed by atoms with Gasteiger partial charge in [-0.2, -0.15) is 9.38 Å². The van der Waals surface area contributed by atoms with E-state index >= 15 is 0 Å². The van der Waals surface area contributed by atoms with E-state index in [4.69, 9.17) is 9.47 Å². The van der Waals surface area contributed by atoms with E-state index in [2.05, 4.69) is 10.3 Å². The molecule has 0 aliphatic carbocycles. The van der Waals surface area contributed by atoms with E-state index in [0.717, 1.165) is 6.42 Å². The fourth-order valence-electron chi connectivity index (χ4n) is 2.41. The molecule has 8 nitrogen and oxygen atoms in total. The summed E-state index contributed by atoms with van der Waals surface area (Å²) < 4.78 is 12.7. The summed E-state index contributed by atoms with van der Waals surface area (Å²) in [6.45, 7) is 1.19. The first kappa shape index (κ1) is 13.8. The summed E-state index contributed by atoms with van der Waals surface area (Å²) >= 11 is 1.34. The van der Waals surface area contributed by atoms with Gasteiger partial charge in [-0.1, -0.05) is 11.3 Å². The van der Waals surface area contributed by atoms with Crippen LogP contribution in [-0.4, -0.2) is 27.5 Å². The molecule has 23 heavy (non-hydrogen) atoms. The first-order valence-electron chi connectivity index (χ1n) is 6.99. The lowest BCUT2D eigenvalue weighted by molar-refractivity contribution is -0.389. The van der Waals surface area contributed by atoms with Gasteiger partial charge in [-0.05, 0) is 17.1 Å². The molecular weight excluding hydrogens is 320 g/mol. The monoisotopic (exact) mass is 332 g/mol. The summed E-state index contributed by atoms with van der Waals surface area (Å²) in [4.78, 5) is 15.7. The van der Waals surface area contributed by atoms with E-state index in [9.17, 15) is 10.1 Å². The number of hydrogen-bond donors (Lipinski definition) is 1. The van der Waals surface area contributed by atoms with E-state index in [1.54, 1.807) is 29.8 Å². The molecule has 0 amide bonds. The maximum atomic E-state index is 11.3. The second kappa shape index (κ2) is 5.43. The number of imidazole rings is 1. The SMILES string of the molecule is O=[N+]([O-])c1c(Nc2ccc3c(c2)OCCCO3)nc2sccn12. The minimum absolute atomic E-state index is 0.0895. The van der Waals surface area contributed by atoms with Crippen LogP contribution in [0.1, 0.15) is 6.42 Å². The number of ether oxygens (including phenoxy) is 2. The number of fused-ring (bicyclic) bond motifs is 2. The molecule has 0 fully saturated rings. The van der Waals surface area contributed by atoms with Gasteiger partial charge in [0.15, 0.2) is 11.5 Å². The van der Waals surface area contributed by atoms with Crippen molar-refractivity contribution in [2.45, 2.75) is 6.42 Å². The van der Waals surface area contributed by atoms with Crippen LogP contribution in [0.3, 0.4) is 0 Å². The van der Waals surface area contributed by atoms with E-state index < -0.39 is 4.92 Å². The van der Waals surface area contributed by atoms with Crippen LogP contribution >= 0.6 is 11.3 Å². The van der Waals surface area contributed by atoms with Crippen LogP contribution in [0, 0.1) is 10.1 Å². The van der Waals surface area contributed by atoms with Crippen molar-refractivity contribution in [3.63, 3.8) is 0 Å². The molecule has 0 atom stereocenters. The van der Waals surface area contributed by atoms with E-state index in [-0.39, 0.29) is 11.6 Å². The van der Waals surface area contributed by atoms with Crippen LogP contribution in [0.15, 0.2) is 29.8 Å². The lowest BCUT2D eigenvalue weighted by Crippen LogP contribution is -1.99. The van der Waals surface area contributed by atoms with Gasteiger partial charge in [0, 0.05) is 23.6 Å². The lowest BCUT2D eigenvalue weighted by Gasteiger charge is -2.09. The maximum Gasteiger partial charge on any atom is 0.373 e. The predicted octanol–water partition coefficient (Wildman–Crippen LogP) is 3.21. The zero-order valence-corrected chi connectivity index (χ0v) is 12.7. The Morgan fingerprint density at radius 3 is 2.96 bits per heavy atom. The Kier molecular flexibility index (Phi) is 3.27.